The Kier molecular flexibility index (Phi) is 2.84. The molecule has 0 N–H and O–H groups in total. The van der Waals surface area contributed by atoms with Gasteiger partial charge in [-0.2, -0.15) is 5.26 Å². The molecule has 0 amide bonds. The van der Waals surface area contributed by atoms with Crippen molar-refractivity contribution in [2.45, 2.75) is 0 Å². The second kappa shape index (κ2) is 4.45. The van der Waals surface area contributed by atoms with Crippen molar-refractivity contribution >= 4 is 0 Å². The normalized spacial score (nSPS) is 9.50. The number of rotatable bonds is 2. The molecule has 16 heavy (non-hydrogen) atoms. The summed E-state index contributed by atoms with van der Waals surface area (Å²) in [5.41, 5.74) is 2.38. The zero-order valence-corrected chi connectivity index (χ0v) is 8.84. The van der Waals surface area contributed by atoms with Crippen molar-refractivity contribution in [2.24, 2.45) is 0 Å². The molecule has 3 nitrogen and oxygen atoms in total. The van der Waals surface area contributed by atoms with Crippen molar-refractivity contribution in [2.75, 3.05) is 7.11 Å². The van der Waals surface area contributed by atoms with E-state index in [1.807, 2.05) is 18.2 Å². The fourth-order valence-electron chi connectivity index (χ4n) is 1.51. The van der Waals surface area contributed by atoms with Crippen molar-refractivity contribution in [3.8, 4) is 22.9 Å². The van der Waals surface area contributed by atoms with Crippen LogP contribution in [-0.2, 0) is 0 Å². The van der Waals surface area contributed by atoms with Gasteiger partial charge in [0.2, 0.25) is 0 Å². The molecule has 0 fully saturated rings. The average molecular weight is 210 g/mol. The maximum Gasteiger partial charge on any atom is 0.119 e. The molecule has 1 heterocycles. The van der Waals surface area contributed by atoms with Crippen LogP contribution in [0.3, 0.4) is 0 Å². The van der Waals surface area contributed by atoms with Gasteiger partial charge < -0.3 is 4.74 Å². The molecule has 1 aromatic carbocycles. The summed E-state index contributed by atoms with van der Waals surface area (Å²) in [6.07, 6.45) is 3.44. The number of benzene rings is 1. The fraction of sp³-hybridized carbons (Fsp3) is 0.0769. The lowest BCUT2D eigenvalue weighted by Crippen LogP contribution is -1.88. The van der Waals surface area contributed by atoms with Gasteiger partial charge in [0.05, 0.1) is 18.7 Å². The first kappa shape index (κ1) is 10.2. The zero-order valence-electron chi connectivity index (χ0n) is 8.84. The molecule has 2 aromatic rings. The summed E-state index contributed by atoms with van der Waals surface area (Å²) >= 11 is 0. The van der Waals surface area contributed by atoms with E-state index in [4.69, 9.17) is 10.00 Å². The number of nitrogens with zero attached hydrogens (tertiary/aromatic N) is 2. The second-order valence-corrected chi connectivity index (χ2v) is 3.27. The van der Waals surface area contributed by atoms with E-state index in [0.29, 0.717) is 5.56 Å². The van der Waals surface area contributed by atoms with Crippen molar-refractivity contribution in [3.05, 3.63) is 48.3 Å². The summed E-state index contributed by atoms with van der Waals surface area (Å²) < 4.78 is 5.15. The third-order valence-electron chi connectivity index (χ3n) is 2.32. The number of pyridine rings is 1. The van der Waals surface area contributed by atoms with Gasteiger partial charge in [-0.1, -0.05) is 6.07 Å². The van der Waals surface area contributed by atoms with Gasteiger partial charge in [0.25, 0.3) is 0 Å². The van der Waals surface area contributed by atoms with E-state index >= 15 is 0 Å². The smallest absolute Gasteiger partial charge is 0.119 e. The van der Waals surface area contributed by atoms with E-state index in [1.54, 1.807) is 31.6 Å². The quantitative estimate of drug-likeness (QED) is 0.765. The van der Waals surface area contributed by atoms with Crippen LogP contribution in [0.15, 0.2) is 42.7 Å². The zero-order chi connectivity index (χ0) is 11.4. The third-order valence-corrected chi connectivity index (χ3v) is 2.32. The Morgan fingerprint density at radius 2 is 2.19 bits per heavy atom. The molecule has 1 aromatic heterocycles. The van der Waals surface area contributed by atoms with E-state index in [-0.39, 0.29) is 0 Å². The van der Waals surface area contributed by atoms with E-state index < -0.39 is 0 Å². The van der Waals surface area contributed by atoms with Gasteiger partial charge in [-0.25, -0.2) is 0 Å². The van der Waals surface area contributed by atoms with Crippen LogP contribution in [0, 0.1) is 11.3 Å². The molecule has 0 aliphatic carbocycles. The summed E-state index contributed by atoms with van der Waals surface area (Å²) in [6.45, 7) is 0. The highest BCUT2D eigenvalue weighted by molar-refractivity contribution is 5.71. The highest BCUT2D eigenvalue weighted by Gasteiger charge is 2.06. The van der Waals surface area contributed by atoms with Crippen LogP contribution >= 0.6 is 0 Å². The lowest BCUT2D eigenvalue weighted by molar-refractivity contribution is 0.415. The summed E-state index contributed by atoms with van der Waals surface area (Å²) in [5, 5.41) is 9.03. The Balaban J connectivity index is 2.59. The number of aromatic nitrogens is 1. The Hall–Kier alpha value is -2.34. The van der Waals surface area contributed by atoms with E-state index in [0.717, 1.165) is 16.9 Å². The van der Waals surface area contributed by atoms with Gasteiger partial charge in [-0.3, -0.25) is 4.98 Å². The maximum absolute atomic E-state index is 9.03. The molecular formula is C13H10N2O. The number of methoxy groups -OCH3 is 1. The first-order valence-corrected chi connectivity index (χ1v) is 4.83. The molecule has 0 radical (unpaired) electrons. The maximum atomic E-state index is 9.03. The van der Waals surface area contributed by atoms with Crippen molar-refractivity contribution in [3.63, 3.8) is 0 Å². The minimum Gasteiger partial charge on any atom is -0.497 e. The predicted octanol–water partition coefficient (Wildman–Crippen LogP) is 2.63. The van der Waals surface area contributed by atoms with Gasteiger partial charge in [-0.05, 0) is 24.3 Å². The topological polar surface area (TPSA) is 45.9 Å². The predicted molar refractivity (Wildman–Crippen MR) is 60.9 cm³/mol. The van der Waals surface area contributed by atoms with Crippen LogP contribution < -0.4 is 4.74 Å². The Labute approximate surface area is 93.9 Å². The molecule has 3 heteroatoms. The summed E-state index contributed by atoms with van der Waals surface area (Å²) in [6, 6.07) is 11.3. The largest absolute Gasteiger partial charge is 0.497 e. The minimum atomic E-state index is 0.619. The summed E-state index contributed by atoms with van der Waals surface area (Å²) in [4.78, 5) is 4.04. The summed E-state index contributed by atoms with van der Waals surface area (Å²) in [7, 11) is 1.61. The number of hydrogen-bond acceptors (Lipinski definition) is 3. The van der Waals surface area contributed by atoms with E-state index in [1.165, 1.54) is 0 Å². The average Bonchev–Trinajstić information content (AvgIpc) is 2.39. The number of nitriles is 1. The summed E-state index contributed by atoms with van der Waals surface area (Å²) in [5.74, 6) is 0.734. The molecule has 2 rings (SSSR count). The molecule has 0 saturated carbocycles. The lowest BCUT2D eigenvalue weighted by atomic mass is 10.0. The van der Waals surface area contributed by atoms with Gasteiger partial charge in [0.15, 0.2) is 0 Å². The Bertz CT molecular complexity index is 529. The van der Waals surface area contributed by atoms with Gasteiger partial charge in [-0.15, -0.1) is 0 Å². The van der Waals surface area contributed by atoms with E-state index in [2.05, 4.69) is 11.1 Å². The van der Waals surface area contributed by atoms with Crippen molar-refractivity contribution < 1.29 is 4.74 Å². The van der Waals surface area contributed by atoms with Crippen LogP contribution in [0.1, 0.15) is 5.56 Å². The standard InChI is InChI=1S/C13H10N2O/c1-16-12-5-4-10(8-14)13(7-12)11-3-2-6-15-9-11/h2-7,9H,1H3. The minimum absolute atomic E-state index is 0.619. The first-order chi connectivity index (χ1) is 7.85. The molecule has 0 spiro atoms. The third kappa shape index (κ3) is 1.86. The molecule has 0 unspecified atom stereocenters. The van der Waals surface area contributed by atoms with Crippen LogP contribution in [0.5, 0.6) is 5.75 Å². The van der Waals surface area contributed by atoms with Crippen LogP contribution in [0.2, 0.25) is 0 Å². The Morgan fingerprint density at radius 3 is 2.81 bits per heavy atom. The highest BCUT2D eigenvalue weighted by Crippen LogP contribution is 2.26. The molecule has 78 valence electrons. The second-order valence-electron chi connectivity index (χ2n) is 3.27. The van der Waals surface area contributed by atoms with Gasteiger partial charge in [0, 0.05) is 23.5 Å². The lowest BCUT2D eigenvalue weighted by Gasteiger charge is -2.06. The fourth-order valence-corrected chi connectivity index (χ4v) is 1.51. The van der Waals surface area contributed by atoms with Gasteiger partial charge >= 0.3 is 0 Å². The number of ether oxygens (including phenoxy) is 1. The van der Waals surface area contributed by atoms with Crippen LogP contribution in [0.4, 0.5) is 0 Å². The van der Waals surface area contributed by atoms with Crippen molar-refractivity contribution in [1.82, 2.24) is 4.98 Å². The molecule has 0 aliphatic rings. The van der Waals surface area contributed by atoms with Gasteiger partial charge in [0.1, 0.15) is 5.75 Å². The first-order valence-electron chi connectivity index (χ1n) is 4.83. The molecule has 0 bridgehead atoms. The molecule has 0 aliphatic heterocycles. The van der Waals surface area contributed by atoms with Crippen LogP contribution in [-0.4, -0.2) is 12.1 Å². The Morgan fingerprint density at radius 1 is 1.31 bits per heavy atom. The van der Waals surface area contributed by atoms with E-state index in [9.17, 15) is 0 Å². The monoisotopic (exact) mass is 210 g/mol. The molecule has 0 atom stereocenters. The molecule has 0 saturated heterocycles. The number of hydrogen-bond donors (Lipinski definition) is 0. The SMILES string of the molecule is COc1ccc(C#N)c(-c2cccnc2)c1. The van der Waals surface area contributed by atoms with Crippen LogP contribution in [0.25, 0.3) is 11.1 Å². The highest BCUT2D eigenvalue weighted by atomic mass is 16.5. The van der Waals surface area contributed by atoms with Crippen molar-refractivity contribution in [1.29, 1.82) is 5.26 Å². The molecular weight excluding hydrogens is 200 g/mol.